The van der Waals surface area contributed by atoms with Gasteiger partial charge in [-0.05, 0) is 25.0 Å². The van der Waals surface area contributed by atoms with Crippen LogP contribution in [0.5, 0.6) is 0 Å². The molecule has 1 aromatic rings. The van der Waals surface area contributed by atoms with E-state index in [0.717, 1.165) is 18.6 Å². The molecule has 1 aliphatic carbocycles. The van der Waals surface area contributed by atoms with E-state index >= 15 is 0 Å². The van der Waals surface area contributed by atoms with Crippen LogP contribution >= 0.6 is 0 Å². The zero-order valence-corrected chi connectivity index (χ0v) is 9.27. The molecule has 0 aliphatic heterocycles. The predicted octanol–water partition coefficient (Wildman–Crippen LogP) is 2.43. The minimum atomic E-state index is 0.0700. The van der Waals surface area contributed by atoms with Crippen molar-refractivity contribution >= 4 is 5.91 Å². The Balaban J connectivity index is 2.03. The van der Waals surface area contributed by atoms with Gasteiger partial charge in [-0.3, -0.25) is 4.79 Å². The lowest BCUT2D eigenvalue weighted by Crippen LogP contribution is -2.35. The summed E-state index contributed by atoms with van der Waals surface area (Å²) in [6.45, 7) is 4.51. The Kier molecular flexibility index (Phi) is 2.80. The van der Waals surface area contributed by atoms with Crippen molar-refractivity contribution in [3.05, 3.63) is 24.2 Å². The summed E-state index contributed by atoms with van der Waals surface area (Å²) < 4.78 is 5.28. The summed E-state index contributed by atoms with van der Waals surface area (Å²) >= 11 is 0. The van der Waals surface area contributed by atoms with Gasteiger partial charge in [0.15, 0.2) is 0 Å². The third-order valence-corrected chi connectivity index (χ3v) is 2.67. The van der Waals surface area contributed by atoms with Crippen molar-refractivity contribution in [3.8, 4) is 0 Å². The van der Waals surface area contributed by atoms with Gasteiger partial charge in [0, 0.05) is 12.0 Å². The van der Waals surface area contributed by atoms with Crippen LogP contribution in [-0.4, -0.2) is 16.8 Å². The smallest absolute Gasteiger partial charge is 0.225 e. The Morgan fingerprint density at radius 3 is 2.80 bits per heavy atom. The molecular formula is C12H17NO2. The molecule has 15 heavy (non-hydrogen) atoms. The van der Waals surface area contributed by atoms with Crippen molar-refractivity contribution in [1.82, 2.24) is 4.90 Å². The molecule has 1 aromatic heterocycles. The summed E-state index contributed by atoms with van der Waals surface area (Å²) in [4.78, 5) is 13.9. The first-order valence-corrected chi connectivity index (χ1v) is 5.51. The normalized spacial score (nSPS) is 15.7. The van der Waals surface area contributed by atoms with E-state index in [-0.39, 0.29) is 11.8 Å². The van der Waals surface area contributed by atoms with Gasteiger partial charge in [0.25, 0.3) is 0 Å². The Morgan fingerprint density at radius 1 is 1.60 bits per heavy atom. The summed E-state index contributed by atoms with van der Waals surface area (Å²) in [5.74, 6) is 1.17. The fourth-order valence-corrected chi connectivity index (χ4v) is 1.68. The fraction of sp³-hybridized carbons (Fsp3) is 0.583. The highest BCUT2D eigenvalue weighted by Crippen LogP contribution is 2.29. The minimum absolute atomic E-state index is 0.0700. The number of hydrogen-bond acceptors (Lipinski definition) is 2. The zero-order chi connectivity index (χ0) is 10.8. The lowest BCUT2D eigenvalue weighted by Gasteiger charge is -2.23. The van der Waals surface area contributed by atoms with Gasteiger partial charge in [-0.15, -0.1) is 0 Å². The third kappa shape index (κ3) is 2.41. The Hall–Kier alpha value is -1.25. The summed E-state index contributed by atoms with van der Waals surface area (Å²) in [6, 6.07) is 4.23. The van der Waals surface area contributed by atoms with Gasteiger partial charge in [-0.2, -0.15) is 0 Å². The molecule has 0 N–H and O–H groups in total. The van der Waals surface area contributed by atoms with Crippen molar-refractivity contribution in [2.24, 2.45) is 5.92 Å². The standard InChI is InChI=1S/C12H17NO2/c1-9(2)12(14)13(10-5-6-10)8-11-4-3-7-15-11/h3-4,7,9-10H,5-6,8H2,1-2H3. The van der Waals surface area contributed by atoms with E-state index in [4.69, 9.17) is 4.42 Å². The van der Waals surface area contributed by atoms with E-state index in [0.29, 0.717) is 12.6 Å². The molecule has 82 valence electrons. The molecule has 1 saturated carbocycles. The zero-order valence-electron chi connectivity index (χ0n) is 9.27. The molecule has 2 rings (SSSR count). The first-order chi connectivity index (χ1) is 7.18. The molecule has 0 spiro atoms. The molecule has 1 aliphatic rings. The van der Waals surface area contributed by atoms with Gasteiger partial charge in [0.05, 0.1) is 12.8 Å². The summed E-state index contributed by atoms with van der Waals surface area (Å²) in [7, 11) is 0. The van der Waals surface area contributed by atoms with E-state index in [2.05, 4.69) is 0 Å². The average Bonchev–Trinajstić information content (AvgIpc) is 2.92. The monoisotopic (exact) mass is 207 g/mol. The number of rotatable bonds is 4. The third-order valence-electron chi connectivity index (χ3n) is 2.67. The number of carbonyl (C=O) groups is 1. The van der Waals surface area contributed by atoms with Gasteiger partial charge >= 0.3 is 0 Å². The fourth-order valence-electron chi connectivity index (χ4n) is 1.68. The maximum absolute atomic E-state index is 11.9. The van der Waals surface area contributed by atoms with Crippen LogP contribution in [0.15, 0.2) is 22.8 Å². The summed E-state index contributed by atoms with van der Waals surface area (Å²) in [6.07, 6.45) is 3.93. The average molecular weight is 207 g/mol. The van der Waals surface area contributed by atoms with Gasteiger partial charge in [-0.25, -0.2) is 0 Å². The van der Waals surface area contributed by atoms with E-state index in [1.807, 2.05) is 30.9 Å². The van der Waals surface area contributed by atoms with Crippen LogP contribution in [0, 0.1) is 5.92 Å². The van der Waals surface area contributed by atoms with Crippen molar-refractivity contribution < 1.29 is 9.21 Å². The van der Waals surface area contributed by atoms with Crippen molar-refractivity contribution in [1.29, 1.82) is 0 Å². The second-order valence-corrected chi connectivity index (χ2v) is 4.43. The van der Waals surface area contributed by atoms with Crippen LogP contribution in [0.1, 0.15) is 32.4 Å². The lowest BCUT2D eigenvalue weighted by atomic mass is 10.2. The van der Waals surface area contributed by atoms with Crippen molar-refractivity contribution in [3.63, 3.8) is 0 Å². The van der Waals surface area contributed by atoms with Gasteiger partial charge in [0.1, 0.15) is 5.76 Å². The summed E-state index contributed by atoms with van der Waals surface area (Å²) in [5.41, 5.74) is 0. The first kappa shape index (κ1) is 10.3. The van der Waals surface area contributed by atoms with Gasteiger partial charge < -0.3 is 9.32 Å². The number of nitrogens with zero attached hydrogens (tertiary/aromatic N) is 1. The highest BCUT2D eigenvalue weighted by atomic mass is 16.3. The van der Waals surface area contributed by atoms with Crippen LogP contribution < -0.4 is 0 Å². The molecule has 3 nitrogen and oxygen atoms in total. The second-order valence-electron chi connectivity index (χ2n) is 4.43. The molecule has 3 heteroatoms. The Morgan fingerprint density at radius 2 is 2.33 bits per heavy atom. The lowest BCUT2D eigenvalue weighted by molar-refractivity contribution is -0.135. The Bertz CT molecular complexity index is 325. The quantitative estimate of drug-likeness (QED) is 0.759. The number of furan rings is 1. The molecule has 1 heterocycles. The van der Waals surface area contributed by atoms with E-state index < -0.39 is 0 Å². The molecule has 1 amide bonds. The first-order valence-electron chi connectivity index (χ1n) is 5.51. The van der Waals surface area contributed by atoms with Crippen LogP contribution in [0.2, 0.25) is 0 Å². The van der Waals surface area contributed by atoms with Crippen LogP contribution in [-0.2, 0) is 11.3 Å². The summed E-state index contributed by atoms with van der Waals surface area (Å²) in [5, 5.41) is 0. The SMILES string of the molecule is CC(C)C(=O)N(Cc1ccco1)C1CC1. The van der Waals surface area contributed by atoms with E-state index in [1.54, 1.807) is 6.26 Å². The highest BCUT2D eigenvalue weighted by molar-refractivity contribution is 5.78. The topological polar surface area (TPSA) is 33.5 Å². The molecule has 0 saturated heterocycles. The van der Waals surface area contributed by atoms with Crippen molar-refractivity contribution in [2.75, 3.05) is 0 Å². The molecule has 0 aromatic carbocycles. The molecule has 0 unspecified atom stereocenters. The maximum Gasteiger partial charge on any atom is 0.225 e. The van der Waals surface area contributed by atoms with E-state index in [1.165, 1.54) is 0 Å². The Labute approximate surface area is 90.1 Å². The second kappa shape index (κ2) is 4.09. The van der Waals surface area contributed by atoms with Gasteiger partial charge in [-0.1, -0.05) is 13.8 Å². The van der Waals surface area contributed by atoms with Crippen LogP contribution in [0.3, 0.4) is 0 Å². The van der Waals surface area contributed by atoms with Crippen molar-refractivity contribution in [2.45, 2.75) is 39.3 Å². The maximum atomic E-state index is 11.9. The number of hydrogen-bond donors (Lipinski definition) is 0. The molecule has 0 bridgehead atoms. The predicted molar refractivity (Wildman–Crippen MR) is 57.1 cm³/mol. The highest BCUT2D eigenvalue weighted by Gasteiger charge is 2.33. The van der Waals surface area contributed by atoms with Crippen LogP contribution in [0.4, 0.5) is 0 Å². The largest absolute Gasteiger partial charge is 0.467 e. The molecule has 0 radical (unpaired) electrons. The number of carbonyl (C=O) groups excluding carboxylic acids is 1. The molecule has 1 fully saturated rings. The minimum Gasteiger partial charge on any atom is -0.467 e. The van der Waals surface area contributed by atoms with Crippen LogP contribution in [0.25, 0.3) is 0 Å². The van der Waals surface area contributed by atoms with E-state index in [9.17, 15) is 4.79 Å². The number of amides is 1. The molecule has 0 atom stereocenters. The molecular weight excluding hydrogens is 190 g/mol. The van der Waals surface area contributed by atoms with Gasteiger partial charge in [0.2, 0.25) is 5.91 Å².